The second-order valence-electron chi connectivity index (χ2n) is 4.00. The van der Waals surface area contributed by atoms with Crippen molar-refractivity contribution in [1.29, 1.82) is 0 Å². The number of carboxylic acid groups (broad SMARTS) is 1. The van der Waals surface area contributed by atoms with Gasteiger partial charge in [0.25, 0.3) is 0 Å². The van der Waals surface area contributed by atoms with Crippen LogP contribution >= 0.6 is 0 Å². The van der Waals surface area contributed by atoms with Crippen molar-refractivity contribution in [3.63, 3.8) is 0 Å². The maximum Gasteiger partial charge on any atom is 0.409 e. The highest BCUT2D eigenvalue weighted by Crippen LogP contribution is 2.40. The third-order valence-corrected chi connectivity index (χ3v) is 2.56. The first-order valence-corrected chi connectivity index (χ1v) is 5.21. The number of aliphatic carboxylic acids is 1. The van der Waals surface area contributed by atoms with E-state index in [0.717, 1.165) is 0 Å². The molecule has 1 rings (SSSR count). The molecule has 1 fully saturated rings. The van der Waals surface area contributed by atoms with Crippen molar-refractivity contribution in [3.8, 4) is 0 Å². The van der Waals surface area contributed by atoms with E-state index in [1.165, 1.54) is 0 Å². The van der Waals surface area contributed by atoms with E-state index in [1.807, 2.05) is 0 Å². The Morgan fingerprint density at radius 3 is 2.05 bits per heavy atom. The first-order valence-electron chi connectivity index (χ1n) is 5.21. The number of halogens is 6. The average molecular weight is 309 g/mol. The van der Waals surface area contributed by atoms with E-state index in [4.69, 9.17) is 5.11 Å². The summed E-state index contributed by atoms with van der Waals surface area (Å²) < 4.78 is 78.8. The summed E-state index contributed by atoms with van der Waals surface area (Å²) in [6.07, 6.45) is -13.2. The molecule has 1 saturated heterocycles. The molecule has 20 heavy (non-hydrogen) atoms. The molecule has 11 heteroatoms. The van der Waals surface area contributed by atoms with E-state index in [-0.39, 0.29) is 4.90 Å². The van der Waals surface area contributed by atoms with Gasteiger partial charge in [-0.15, -0.1) is 0 Å². The number of carbonyl (C=O) groups is 2. The van der Waals surface area contributed by atoms with E-state index in [2.05, 4.69) is 4.74 Å². The lowest BCUT2D eigenvalue weighted by molar-refractivity contribution is -0.278. The second kappa shape index (κ2) is 5.46. The number of alkyl halides is 6. The van der Waals surface area contributed by atoms with Crippen molar-refractivity contribution in [2.45, 2.75) is 18.5 Å². The molecule has 1 heterocycles. The Labute approximate surface area is 108 Å². The zero-order valence-electron chi connectivity index (χ0n) is 9.66. The molecule has 0 radical (unpaired) electrons. The number of ether oxygens (including phenoxy) is 1. The molecule has 1 N–H and O–H groups in total. The molecule has 1 aliphatic heterocycles. The summed E-state index contributed by atoms with van der Waals surface area (Å²) in [4.78, 5) is 22.2. The van der Waals surface area contributed by atoms with Gasteiger partial charge in [0.1, 0.15) is 0 Å². The zero-order chi connectivity index (χ0) is 15.7. The topological polar surface area (TPSA) is 66.8 Å². The Morgan fingerprint density at radius 2 is 1.65 bits per heavy atom. The number of hydrogen-bond acceptors (Lipinski definition) is 3. The van der Waals surface area contributed by atoms with Crippen LogP contribution in [0.2, 0.25) is 0 Å². The molecule has 0 aromatic rings. The maximum absolute atomic E-state index is 12.4. The van der Waals surface area contributed by atoms with Crippen LogP contribution in [0.15, 0.2) is 0 Å². The minimum absolute atomic E-state index is 0.202. The second-order valence-corrected chi connectivity index (χ2v) is 4.00. The number of hydrogen-bond donors (Lipinski definition) is 1. The Hall–Kier alpha value is -1.52. The molecule has 0 spiro atoms. The van der Waals surface area contributed by atoms with Crippen molar-refractivity contribution in [3.05, 3.63) is 0 Å². The van der Waals surface area contributed by atoms with Crippen LogP contribution < -0.4 is 0 Å². The van der Waals surface area contributed by atoms with Gasteiger partial charge in [-0.3, -0.25) is 4.79 Å². The maximum atomic E-state index is 12.4. The first-order chi connectivity index (χ1) is 8.94. The summed E-state index contributed by atoms with van der Waals surface area (Å²) in [5.74, 6) is -7.96. The SMILES string of the molecule is O=C(O)C1CN(C(=O)C(C(F)(F)F)C(F)(F)F)CCO1. The third kappa shape index (κ3) is 3.74. The van der Waals surface area contributed by atoms with E-state index in [0.29, 0.717) is 0 Å². The van der Waals surface area contributed by atoms with Gasteiger partial charge in [-0.1, -0.05) is 0 Å². The molecular weight excluding hydrogens is 300 g/mol. The quantitative estimate of drug-likeness (QED) is 0.774. The summed E-state index contributed by atoms with van der Waals surface area (Å²) >= 11 is 0. The van der Waals surface area contributed by atoms with Crippen LogP contribution in [0.25, 0.3) is 0 Å². The molecule has 5 nitrogen and oxygen atoms in total. The molecule has 0 bridgehead atoms. The Balaban J connectivity index is 2.93. The summed E-state index contributed by atoms with van der Waals surface area (Å²) in [6, 6.07) is 0. The van der Waals surface area contributed by atoms with E-state index in [1.54, 1.807) is 0 Å². The Bertz CT molecular complexity index is 379. The lowest BCUT2D eigenvalue weighted by Gasteiger charge is -2.34. The van der Waals surface area contributed by atoms with Gasteiger partial charge in [0.15, 0.2) is 6.10 Å². The fourth-order valence-electron chi connectivity index (χ4n) is 1.65. The minimum atomic E-state index is -5.80. The monoisotopic (exact) mass is 309 g/mol. The van der Waals surface area contributed by atoms with Gasteiger partial charge < -0.3 is 14.7 Å². The normalized spacial score (nSPS) is 21.1. The van der Waals surface area contributed by atoms with Crippen molar-refractivity contribution in [1.82, 2.24) is 4.90 Å². The van der Waals surface area contributed by atoms with Crippen LogP contribution in [0.3, 0.4) is 0 Å². The number of carbonyl (C=O) groups excluding carboxylic acids is 1. The van der Waals surface area contributed by atoms with Gasteiger partial charge in [0, 0.05) is 6.54 Å². The van der Waals surface area contributed by atoms with Crippen molar-refractivity contribution >= 4 is 11.9 Å². The predicted octanol–water partition coefficient (Wildman–Crippen LogP) is 1.04. The third-order valence-electron chi connectivity index (χ3n) is 2.56. The Morgan fingerprint density at radius 1 is 1.15 bits per heavy atom. The molecule has 0 aromatic heterocycles. The molecule has 1 amide bonds. The van der Waals surface area contributed by atoms with Gasteiger partial charge in [-0.05, 0) is 0 Å². The highest BCUT2D eigenvalue weighted by Gasteiger charge is 2.62. The number of nitrogens with zero attached hydrogens (tertiary/aromatic N) is 1. The van der Waals surface area contributed by atoms with Crippen molar-refractivity contribution in [2.75, 3.05) is 19.7 Å². The fourth-order valence-corrected chi connectivity index (χ4v) is 1.65. The number of rotatable bonds is 2. The van der Waals surface area contributed by atoms with Crippen LogP contribution in [0.5, 0.6) is 0 Å². The van der Waals surface area contributed by atoms with Gasteiger partial charge in [-0.25, -0.2) is 4.79 Å². The van der Waals surface area contributed by atoms with Gasteiger partial charge >= 0.3 is 18.3 Å². The van der Waals surface area contributed by atoms with Crippen LogP contribution in [-0.4, -0.2) is 60.0 Å². The van der Waals surface area contributed by atoms with Gasteiger partial charge in [0.05, 0.1) is 13.2 Å². The smallest absolute Gasteiger partial charge is 0.409 e. The highest BCUT2D eigenvalue weighted by molar-refractivity contribution is 5.82. The number of amides is 1. The first kappa shape index (κ1) is 16.5. The van der Waals surface area contributed by atoms with Crippen LogP contribution in [0, 0.1) is 5.92 Å². The number of carboxylic acids is 1. The van der Waals surface area contributed by atoms with Gasteiger partial charge in [-0.2, -0.15) is 26.3 Å². The van der Waals surface area contributed by atoms with Crippen LogP contribution in [-0.2, 0) is 14.3 Å². The molecular formula is C9H9F6NO4. The zero-order valence-corrected chi connectivity index (χ0v) is 9.66. The molecule has 0 aliphatic carbocycles. The standard InChI is InChI=1S/C9H9F6NO4/c10-8(11,12)5(9(13,14)15)6(17)16-1-2-20-4(3-16)7(18)19/h4-5H,1-3H2,(H,18,19). The summed E-state index contributed by atoms with van der Waals surface area (Å²) in [7, 11) is 0. The molecule has 1 aliphatic rings. The van der Waals surface area contributed by atoms with Crippen LogP contribution in [0.4, 0.5) is 26.3 Å². The highest BCUT2D eigenvalue weighted by atomic mass is 19.4. The molecule has 1 unspecified atom stereocenters. The number of morpholine rings is 1. The molecule has 0 saturated carbocycles. The van der Waals surface area contributed by atoms with E-state index in [9.17, 15) is 35.9 Å². The molecule has 1 atom stereocenters. The molecule has 116 valence electrons. The van der Waals surface area contributed by atoms with E-state index >= 15 is 0 Å². The van der Waals surface area contributed by atoms with Crippen LogP contribution in [0.1, 0.15) is 0 Å². The Kier molecular flexibility index (Phi) is 4.52. The predicted molar refractivity (Wildman–Crippen MR) is 49.6 cm³/mol. The summed E-state index contributed by atoms with van der Waals surface area (Å²) in [5.41, 5.74) is 0. The average Bonchev–Trinajstić information content (AvgIpc) is 2.25. The molecule has 0 aromatic carbocycles. The lowest BCUT2D eigenvalue weighted by atomic mass is 10.1. The van der Waals surface area contributed by atoms with Crippen molar-refractivity contribution < 1.29 is 45.8 Å². The largest absolute Gasteiger partial charge is 0.479 e. The van der Waals surface area contributed by atoms with E-state index < -0.39 is 55.9 Å². The minimum Gasteiger partial charge on any atom is -0.479 e. The summed E-state index contributed by atoms with van der Waals surface area (Å²) in [5, 5.41) is 8.59. The summed E-state index contributed by atoms with van der Waals surface area (Å²) in [6.45, 7) is -1.85. The lowest BCUT2D eigenvalue weighted by Crippen LogP contribution is -2.55. The van der Waals surface area contributed by atoms with Gasteiger partial charge in [0.2, 0.25) is 11.8 Å². The van der Waals surface area contributed by atoms with Crippen molar-refractivity contribution in [2.24, 2.45) is 5.92 Å². The fraction of sp³-hybridized carbons (Fsp3) is 0.778.